The number of rotatable bonds is 7. The maximum Gasteiger partial charge on any atom is 0.329 e. The van der Waals surface area contributed by atoms with Gasteiger partial charge >= 0.3 is 6.03 Å². The minimum absolute atomic E-state index is 0.116. The Labute approximate surface area is 159 Å². The number of urea groups is 1. The van der Waals surface area contributed by atoms with Crippen molar-refractivity contribution in [1.29, 1.82) is 0 Å². The van der Waals surface area contributed by atoms with Crippen molar-refractivity contribution < 1.29 is 9.53 Å². The summed E-state index contributed by atoms with van der Waals surface area (Å²) in [5.41, 5.74) is 3.57. The first-order chi connectivity index (χ1) is 13.1. The average Bonchev–Trinajstić information content (AvgIpc) is 2.68. The molecule has 0 bridgehead atoms. The van der Waals surface area contributed by atoms with Crippen molar-refractivity contribution in [2.24, 2.45) is 0 Å². The van der Waals surface area contributed by atoms with Gasteiger partial charge in [-0.05, 0) is 43.5 Å². The first-order valence-corrected chi connectivity index (χ1v) is 9.65. The first kappa shape index (κ1) is 19.2. The molecule has 3 N–H and O–H groups in total. The largest absolute Gasteiger partial charge is 0.494 e. The molecular weight excluding hydrogens is 344 g/mol. The predicted octanol–water partition coefficient (Wildman–Crippen LogP) is 2.78. The number of carbonyl (C=O) groups is 1. The first-order valence-electron chi connectivity index (χ1n) is 9.65. The van der Waals surface area contributed by atoms with Crippen LogP contribution in [-0.4, -0.2) is 42.3 Å². The molecule has 0 aliphatic heterocycles. The molecule has 0 atom stereocenters. The lowest BCUT2D eigenvalue weighted by atomic mass is 9.95. The van der Waals surface area contributed by atoms with Gasteiger partial charge in [0.2, 0.25) is 5.56 Å². The van der Waals surface area contributed by atoms with Gasteiger partial charge in [-0.1, -0.05) is 19.3 Å². The third kappa shape index (κ3) is 5.72. The summed E-state index contributed by atoms with van der Waals surface area (Å²) in [7, 11) is 1.94. The smallest absolute Gasteiger partial charge is 0.329 e. The van der Waals surface area contributed by atoms with Crippen LogP contribution < -0.4 is 21.0 Å². The molecular formula is C20H28N4O3. The molecule has 27 heavy (non-hydrogen) atoms. The van der Waals surface area contributed by atoms with Crippen LogP contribution >= 0.6 is 0 Å². The third-order valence-corrected chi connectivity index (χ3v) is 4.97. The molecule has 1 aromatic heterocycles. The maximum absolute atomic E-state index is 12.0. The van der Waals surface area contributed by atoms with E-state index in [2.05, 4.69) is 15.7 Å². The van der Waals surface area contributed by atoms with Crippen LogP contribution in [0.15, 0.2) is 35.1 Å². The fourth-order valence-corrected chi connectivity index (χ4v) is 3.45. The monoisotopic (exact) mass is 372 g/mol. The number of aromatic amines is 1. The molecule has 1 fully saturated rings. The standard InChI is InChI=1S/C20H28N4O3/c1-24(16-6-3-2-4-7-16)23-20(26)21-12-5-13-27-17-9-10-18-15(14-17)8-11-19(25)22-18/h8-11,14,16H,2-7,12-13H2,1H3,(H,22,25)(H2,21,23,26). The van der Waals surface area contributed by atoms with Gasteiger partial charge in [0.25, 0.3) is 0 Å². The van der Waals surface area contributed by atoms with Crippen LogP contribution in [0, 0.1) is 0 Å². The van der Waals surface area contributed by atoms with E-state index in [0.29, 0.717) is 25.6 Å². The number of fused-ring (bicyclic) bond motifs is 1. The molecule has 1 aliphatic carbocycles. The van der Waals surface area contributed by atoms with Crippen molar-refractivity contribution in [1.82, 2.24) is 20.7 Å². The number of pyridine rings is 1. The Morgan fingerprint density at radius 1 is 1.22 bits per heavy atom. The van der Waals surface area contributed by atoms with Gasteiger partial charge in [0.1, 0.15) is 5.75 Å². The van der Waals surface area contributed by atoms with Gasteiger partial charge in [-0.2, -0.15) is 0 Å². The van der Waals surface area contributed by atoms with E-state index in [-0.39, 0.29) is 11.6 Å². The topological polar surface area (TPSA) is 86.5 Å². The fraction of sp³-hybridized carbons (Fsp3) is 0.500. The summed E-state index contributed by atoms with van der Waals surface area (Å²) in [4.78, 5) is 26.0. The molecule has 1 aromatic carbocycles. The van der Waals surface area contributed by atoms with E-state index >= 15 is 0 Å². The van der Waals surface area contributed by atoms with Gasteiger partial charge in [0.05, 0.1) is 6.61 Å². The van der Waals surface area contributed by atoms with Crippen molar-refractivity contribution in [2.45, 2.75) is 44.6 Å². The molecule has 7 heteroatoms. The highest BCUT2D eigenvalue weighted by Crippen LogP contribution is 2.20. The zero-order valence-corrected chi connectivity index (χ0v) is 15.8. The van der Waals surface area contributed by atoms with E-state index in [1.165, 1.54) is 25.3 Å². The zero-order chi connectivity index (χ0) is 19.1. The predicted molar refractivity (Wildman–Crippen MR) is 106 cm³/mol. The van der Waals surface area contributed by atoms with Crippen LogP contribution in [0.1, 0.15) is 38.5 Å². The van der Waals surface area contributed by atoms with Gasteiger partial charge in [-0.25, -0.2) is 9.80 Å². The number of benzene rings is 1. The third-order valence-electron chi connectivity index (χ3n) is 4.97. The number of amides is 2. The van der Waals surface area contributed by atoms with Crippen molar-refractivity contribution in [2.75, 3.05) is 20.2 Å². The number of nitrogens with one attached hydrogen (secondary N) is 3. The Kier molecular flexibility index (Phi) is 6.70. The van der Waals surface area contributed by atoms with Crippen molar-refractivity contribution >= 4 is 16.9 Å². The van der Waals surface area contributed by atoms with E-state index in [1.54, 1.807) is 6.07 Å². The molecule has 1 saturated carbocycles. The second-order valence-electron chi connectivity index (χ2n) is 7.04. The normalized spacial score (nSPS) is 15.0. The molecule has 0 radical (unpaired) electrons. The Morgan fingerprint density at radius 3 is 2.85 bits per heavy atom. The van der Waals surface area contributed by atoms with Crippen molar-refractivity contribution in [3.63, 3.8) is 0 Å². The van der Waals surface area contributed by atoms with Crippen LogP contribution in [0.25, 0.3) is 10.9 Å². The fourth-order valence-electron chi connectivity index (χ4n) is 3.45. The summed E-state index contributed by atoms with van der Waals surface area (Å²) in [6.07, 6.45) is 6.77. The molecule has 2 amide bonds. The number of nitrogens with zero attached hydrogens (tertiary/aromatic N) is 1. The Morgan fingerprint density at radius 2 is 2.04 bits per heavy atom. The number of H-pyrrole nitrogens is 1. The van der Waals surface area contributed by atoms with E-state index in [4.69, 9.17) is 4.74 Å². The molecule has 1 heterocycles. The second kappa shape index (κ2) is 9.41. The van der Waals surface area contributed by atoms with Gasteiger partial charge in [-0.15, -0.1) is 0 Å². The molecule has 1 aliphatic rings. The van der Waals surface area contributed by atoms with Gasteiger partial charge in [0.15, 0.2) is 0 Å². The van der Waals surface area contributed by atoms with Crippen LogP contribution in [0.3, 0.4) is 0 Å². The van der Waals surface area contributed by atoms with Gasteiger partial charge < -0.3 is 15.0 Å². The number of hydrogen-bond acceptors (Lipinski definition) is 4. The lowest BCUT2D eigenvalue weighted by Gasteiger charge is -2.31. The lowest BCUT2D eigenvalue weighted by molar-refractivity contribution is 0.134. The number of ether oxygens (including phenoxy) is 1. The Hall–Kier alpha value is -2.54. The number of hydrogen-bond donors (Lipinski definition) is 3. The highest BCUT2D eigenvalue weighted by molar-refractivity contribution is 5.79. The van der Waals surface area contributed by atoms with Crippen LogP contribution in [0.4, 0.5) is 4.79 Å². The molecule has 0 spiro atoms. The molecule has 0 unspecified atom stereocenters. The summed E-state index contributed by atoms with van der Waals surface area (Å²) >= 11 is 0. The van der Waals surface area contributed by atoms with Crippen LogP contribution in [-0.2, 0) is 0 Å². The molecule has 0 saturated heterocycles. The number of aromatic nitrogens is 1. The summed E-state index contributed by atoms with van der Waals surface area (Å²) in [6, 6.07) is 9.10. The quantitative estimate of drug-likeness (QED) is 0.515. The Balaban J connectivity index is 1.34. The minimum atomic E-state index is -0.169. The summed E-state index contributed by atoms with van der Waals surface area (Å²) < 4.78 is 5.73. The summed E-state index contributed by atoms with van der Waals surface area (Å²) in [6.45, 7) is 1.05. The second-order valence-corrected chi connectivity index (χ2v) is 7.04. The van der Waals surface area contributed by atoms with Crippen LogP contribution in [0.5, 0.6) is 5.75 Å². The van der Waals surface area contributed by atoms with Gasteiger partial charge in [0, 0.05) is 36.6 Å². The van der Waals surface area contributed by atoms with Gasteiger partial charge in [-0.3, -0.25) is 10.2 Å². The Bertz CT molecular complexity index is 814. The van der Waals surface area contributed by atoms with Crippen molar-refractivity contribution in [3.8, 4) is 5.75 Å². The average molecular weight is 372 g/mol. The molecule has 146 valence electrons. The summed E-state index contributed by atoms with van der Waals surface area (Å²) in [5, 5.41) is 5.72. The van der Waals surface area contributed by atoms with Crippen LogP contribution in [0.2, 0.25) is 0 Å². The molecule has 3 rings (SSSR count). The molecule has 7 nitrogen and oxygen atoms in total. The highest BCUT2D eigenvalue weighted by atomic mass is 16.5. The number of hydrazine groups is 1. The SMILES string of the molecule is CN(NC(=O)NCCCOc1ccc2[nH]c(=O)ccc2c1)C1CCCCC1. The lowest BCUT2D eigenvalue weighted by Crippen LogP contribution is -2.50. The van der Waals surface area contributed by atoms with Crippen molar-refractivity contribution in [3.05, 3.63) is 40.7 Å². The highest BCUT2D eigenvalue weighted by Gasteiger charge is 2.19. The van der Waals surface area contributed by atoms with E-state index < -0.39 is 0 Å². The number of carbonyl (C=O) groups excluding carboxylic acids is 1. The minimum Gasteiger partial charge on any atom is -0.494 e. The zero-order valence-electron chi connectivity index (χ0n) is 15.8. The van der Waals surface area contributed by atoms with E-state index in [9.17, 15) is 9.59 Å². The maximum atomic E-state index is 12.0. The summed E-state index contributed by atoms with van der Waals surface area (Å²) in [5.74, 6) is 0.746. The van der Waals surface area contributed by atoms with E-state index in [0.717, 1.165) is 29.5 Å². The molecule has 2 aromatic rings. The van der Waals surface area contributed by atoms with E-state index in [1.807, 2.05) is 30.3 Å².